The van der Waals surface area contributed by atoms with E-state index in [4.69, 9.17) is 19.9 Å². The predicted octanol–water partition coefficient (Wildman–Crippen LogP) is 2.92. The topological polar surface area (TPSA) is 53.7 Å². The highest BCUT2D eigenvalue weighted by Crippen LogP contribution is 2.26. The van der Waals surface area contributed by atoms with Gasteiger partial charge in [0.15, 0.2) is 0 Å². The van der Waals surface area contributed by atoms with Crippen molar-refractivity contribution in [2.75, 3.05) is 20.3 Å². The molecule has 0 bridgehead atoms. The van der Waals surface area contributed by atoms with Crippen molar-refractivity contribution in [3.05, 3.63) is 23.8 Å². The summed E-state index contributed by atoms with van der Waals surface area (Å²) in [5.74, 6) is 1.76. The van der Waals surface area contributed by atoms with Gasteiger partial charge in [-0.3, -0.25) is 0 Å². The van der Waals surface area contributed by atoms with Gasteiger partial charge in [0.2, 0.25) is 0 Å². The first-order chi connectivity index (χ1) is 10.2. The zero-order valence-corrected chi connectivity index (χ0v) is 13.1. The molecular weight excluding hydrogens is 266 g/mol. The van der Waals surface area contributed by atoms with E-state index < -0.39 is 0 Å². The van der Waals surface area contributed by atoms with Gasteiger partial charge in [-0.15, -0.1) is 0 Å². The van der Waals surface area contributed by atoms with Gasteiger partial charge in [-0.25, -0.2) is 0 Å². The number of nitrogens with two attached hydrogens (primary N) is 1. The number of hydrogen-bond acceptors (Lipinski definition) is 4. The van der Waals surface area contributed by atoms with Crippen molar-refractivity contribution in [2.24, 2.45) is 5.73 Å². The smallest absolute Gasteiger partial charge is 0.122 e. The van der Waals surface area contributed by atoms with Crippen LogP contribution in [0.2, 0.25) is 0 Å². The van der Waals surface area contributed by atoms with E-state index in [1.165, 1.54) is 12.8 Å². The van der Waals surface area contributed by atoms with Gasteiger partial charge in [-0.05, 0) is 62.8 Å². The Hall–Kier alpha value is -1.26. The SMILES string of the molecule is COc1ccc(OCCCC2CCCO2)c(CC(C)N)c1. The maximum Gasteiger partial charge on any atom is 0.122 e. The summed E-state index contributed by atoms with van der Waals surface area (Å²) in [7, 11) is 1.67. The Balaban J connectivity index is 1.85. The summed E-state index contributed by atoms with van der Waals surface area (Å²) in [5, 5.41) is 0. The summed E-state index contributed by atoms with van der Waals surface area (Å²) in [6.07, 6.45) is 5.72. The fraction of sp³-hybridized carbons (Fsp3) is 0.647. The van der Waals surface area contributed by atoms with Crippen molar-refractivity contribution in [3.63, 3.8) is 0 Å². The Morgan fingerprint density at radius 1 is 1.43 bits per heavy atom. The minimum atomic E-state index is 0.103. The van der Waals surface area contributed by atoms with Crippen molar-refractivity contribution >= 4 is 0 Å². The fourth-order valence-corrected chi connectivity index (χ4v) is 2.70. The van der Waals surface area contributed by atoms with Gasteiger partial charge in [-0.1, -0.05) is 0 Å². The van der Waals surface area contributed by atoms with Gasteiger partial charge in [0.1, 0.15) is 11.5 Å². The zero-order chi connectivity index (χ0) is 15.1. The molecule has 1 heterocycles. The maximum atomic E-state index is 5.93. The number of ether oxygens (including phenoxy) is 3. The first-order valence-corrected chi connectivity index (χ1v) is 7.86. The Bertz CT molecular complexity index is 428. The molecule has 0 radical (unpaired) electrons. The highest BCUT2D eigenvalue weighted by Gasteiger charge is 2.15. The summed E-state index contributed by atoms with van der Waals surface area (Å²) in [6, 6.07) is 6.02. The number of methoxy groups -OCH3 is 1. The molecule has 0 spiro atoms. The molecule has 1 aliphatic heterocycles. The lowest BCUT2D eigenvalue weighted by Crippen LogP contribution is -2.18. The number of hydrogen-bond donors (Lipinski definition) is 1. The molecule has 0 aliphatic carbocycles. The largest absolute Gasteiger partial charge is 0.497 e. The average molecular weight is 293 g/mol. The third kappa shape index (κ3) is 5.21. The Kier molecular flexibility index (Phi) is 6.33. The molecule has 4 nitrogen and oxygen atoms in total. The molecule has 2 rings (SSSR count). The third-order valence-corrected chi connectivity index (χ3v) is 3.76. The summed E-state index contributed by atoms with van der Waals surface area (Å²) < 4.78 is 16.8. The van der Waals surface area contributed by atoms with Gasteiger partial charge in [0.25, 0.3) is 0 Å². The maximum absolute atomic E-state index is 5.93. The van der Waals surface area contributed by atoms with Crippen molar-refractivity contribution < 1.29 is 14.2 Å². The van der Waals surface area contributed by atoms with E-state index in [1.54, 1.807) is 7.11 Å². The van der Waals surface area contributed by atoms with Crippen LogP contribution in [-0.4, -0.2) is 32.5 Å². The molecule has 2 atom stereocenters. The molecule has 118 valence electrons. The van der Waals surface area contributed by atoms with E-state index >= 15 is 0 Å². The lowest BCUT2D eigenvalue weighted by Gasteiger charge is -2.15. The molecule has 1 fully saturated rings. The molecule has 2 unspecified atom stereocenters. The fourth-order valence-electron chi connectivity index (χ4n) is 2.70. The number of rotatable bonds is 8. The van der Waals surface area contributed by atoms with E-state index in [1.807, 2.05) is 25.1 Å². The molecule has 4 heteroatoms. The van der Waals surface area contributed by atoms with Crippen LogP contribution < -0.4 is 15.2 Å². The standard InChI is InChI=1S/C17H27NO3/c1-13(18)11-14-12-16(19-2)7-8-17(14)21-10-4-6-15-5-3-9-20-15/h7-8,12-13,15H,3-6,9-11,18H2,1-2H3. The Morgan fingerprint density at radius 2 is 2.29 bits per heavy atom. The molecule has 1 aromatic carbocycles. The second kappa shape index (κ2) is 8.25. The van der Waals surface area contributed by atoms with E-state index in [0.717, 1.165) is 49.5 Å². The third-order valence-electron chi connectivity index (χ3n) is 3.76. The Morgan fingerprint density at radius 3 is 2.95 bits per heavy atom. The highest BCUT2D eigenvalue weighted by atomic mass is 16.5. The van der Waals surface area contributed by atoms with Crippen LogP contribution in [0.3, 0.4) is 0 Å². The van der Waals surface area contributed by atoms with E-state index in [0.29, 0.717) is 6.10 Å². The summed E-state index contributed by atoms with van der Waals surface area (Å²) in [5.41, 5.74) is 7.02. The molecule has 2 N–H and O–H groups in total. The van der Waals surface area contributed by atoms with Crippen LogP contribution in [0.5, 0.6) is 11.5 Å². The molecule has 0 saturated carbocycles. The van der Waals surface area contributed by atoms with Gasteiger partial charge >= 0.3 is 0 Å². The molecule has 0 amide bonds. The molecule has 1 saturated heterocycles. The predicted molar refractivity (Wildman–Crippen MR) is 84.1 cm³/mol. The van der Waals surface area contributed by atoms with Gasteiger partial charge in [-0.2, -0.15) is 0 Å². The van der Waals surface area contributed by atoms with Crippen LogP contribution in [0.25, 0.3) is 0 Å². The quantitative estimate of drug-likeness (QED) is 0.749. The van der Waals surface area contributed by atoms with Crippen molar-refractivity contribution in [3.8, 4) is 11.5 Å². The molecule has 0 aromatic heterocycles. The van der Waals surface area contributed by atoms with Crippen LogP contribution in [0, 0.1) is 0 Å². The molecule has 21 heavy (non-hydrogen) atoms. The lowest BCUT2D eigenvalue weighted by molar-refractivity contribution is 0.0981. The normalized spacial score (nSPS) is 19.5. The summed E-state index contributed by atoms with van der Waals surface area (Å²) >= 11 is 0. The van der Waals surface area contributed by atoms with Crippen LogP contribution in [0.1, 0.15) is 38.2 Å². The first kappa shape index (κ1) is 16.1. The van der Waals surface area contributed by atoms with E-state index in [9.17, 15) is 0 Å². The van der Waals surface area contributed by atoms with E-state index in [2.05, 4.69) is 0 Å². The molecule has 1 aromatic rings. The second-order valence-electron chi connectivity index (χ2n) is 5.78. The molecule has 1 aliphatic rings. The van der Waals surface area contributed by atoms with Gasteiger partial charge in [0.05, 0.1) is 19.8 Å². The minimum absolute atomic E-state index is 0.103. The Labute approximate surface area is 127 Å². The van der Waals surface area contributed by atoms with Gasteiger partial charge in [0, 0.05) is 12.6 Å². The monoisotopic (exact) mass is 293 g/mol. The van der Waals surface area contributed by atoms with E-state index in [-0.39, 0.29) is 6.04 Å². The van der Waals surface area contributed by atoms with Crippen LogP contribution in [0.15, 0.2) is 18.2 Å². The van der Waals surface area contributed by atoms with Gasteiger partial charge < -0.3 is 19.9 Å². The molecular formula is C17H27NO3. The summed E-state index contributed by atoms with van der Waals surface area (Å²) in [4.78, 5) is 0. The zero-order valence-electron chi connectivity index (χ0n) is 13.1. The van der Waals surface area contributed by atoms with Crippen LogP contribution in [0.4, 0.5) is 0 Å². The van der Waals surface area contributed by atoms with Crippen LogP contribution in [-0.2, 0) is 11.2 Å². The first-order valence-electron chi connectivity index (χ1n) is 7.86. The summed E-state index contributed by atoms with van der Waals surface area (Å²) in [6.45, 7) is 3.64. The average Bonchev–Trinajstić information content (AvgIpc) is 2.97. The highest BCUT2D eigenvalue weighted by molar-refractivity contribution is 5.40. The lowest BCUT2D eigenvalue weighted by atomic mass is 10.1. The van der Waals surface area contributed by atoms with Crippen molar-refractivity contribution in [1.29, 1.82) is 0 Å². The van der Waals surface area contributed by atoms with Crippen molar-refractivity contribution in [1.82, 2.24) is 0 Å². The van der Waals surface area contributed by atoms with Crippen LogP contribution >= 0.6 is 0 Å². The number of benzene rings is 1. The van der Waals surface area contributed by atoms with Crippen molar-refractivity contribution in [2.45, 2.75) is 51.2 Å². The minimum Gasteiger partial charge on any atom is -0.497 e. The second-order valence-corrected chi connectivity index (χ2v) is 5.78.